The third kappa shape index (κ3) is 8.34. The molecule has 0 radical (unpaired) electrons. The van der Waals surface area contributed by atoms with Gasteiger partial charge in [0.05, 0.1) is 6.54 Å². The second kappa shape index (κ2) is 13.2. The first-order valence-electron chi connectivity index (χ1n) is 9.80. The largest absolute Gasteiger partial charge is 0.370 e. The molecule has 0 amide bonds. The SMILES string of the molecule is CCN1CCCC1CN=C(N)NCCCCCN1CCCCC1.I. The van der Waals surface area contributed by atoms with Gasteiger partial charge in [-0.3, -0.25) is 9.89 Å². The maximum atomic E-state index is 5.98. The van der Waals surface area contributed by atoms with Gasteiger partial charge in [-0.15, -0.1) is 24.0 Å². The number of likely N-dealkylation sites (tertiary alicyclic amines) is 2. The second-order valence-corrected chi connectivity index (χ2v) is 7.04. The zero-order chi connectivity index (χ0) is 16.3. The number of halogens is 1. The highest BCUT2D eigenvalue weighted by molar-refractivity contribution is 14.0. The summed E-state index contributed by atoms with van der Waals surface area (Å²) in [6.45, 7) is 10.3. The summed E-state index contributed by atoms with van der Waals surface area (Å²) in [5.41, 5.74) is 5.98. The number of hydrogen-bond acceptors (Lipinski definition) is 3. The highest BCUT2D eigenvalue weighted by Crippen LogP contribution is 2.16. The molecule has 3 N–H and O–H groups in total. The molecular formula is C18H38IN5. The Hall–Kier alpha value is -0.0800. The Morgan fingerprint density at radius 2 is 1.88 bits per heavy atom. The molecule has 2 rings (SSSR count). The maximum Gasteiger partial charge on any atom is 0.188 e. The summed E-state index contributed by atoms with van der Waals surface area (Å²) < 4.78 is 0. The predicted molar refractivity (Wildman–Crippen MR) is 114 cm³/mol. The molecule has 142 valence electrons. The number of nitrogens with zero attached hydrogens (tertiary/aromatic N) is 3. The van der Waals surface area contributed by atoms with Gasteiger partial charge in [0.15, 0.2) is 5.96 Å². The molecule has 2 fully saturated rings. The van der Waals surface area contributed by atoms with Gasteiger partial charge >= 0.3 is 0 Å². The minimum Gasteiger partial charge on any atom is -0.370 e. The number of likely N-dealkylation sites (N-methyl/N-ethyl adjacent to an activating group) is 1. The number of nitrogens with one attached hydrogen (secondary N) is 1. The van der Waals surface area contributed by atoms with Gasteiger partial charge in [0.25, 0.3) is 0 Å². The van der Waals surface area contributed by atoms with E-state index in [-0.39, 0.29) is 24.0 Å². The van der Waals surface area contributed by atoms with Crippen molar-refractivity contribution >= 4 is 29.9 Å². The Balaban J connectivity index is 0.00000288. The van der Waals surface area contributed by atoms with Crippen LogP contribution in [-0.4, -0.2) is 67.6 Å². The van der Waals surface area contributed by atoms with Crippen LogP contribution in [0, 0.1) is 0 Å². The third-order valence-corrected chi connectivity index (χ3v) is 5.28. The van der Waals surface area contributed by atoms with Gasteiger partial charge < -0.3 is 16.0 Å². The molecule has 0 aromatic rings. The molecule has 2 aliphatic heterocycles. The van der Waals surface area contributed by atoms with Crippen molar-refractivity contribution in [2.75, 3.05) is 45.8 Å². The second-order valence-electron chi connectivity index (χ2n) is 7.04. The number of rotatable bonds is 9. The van der Waals surface area contributed by atoms with E-state index in [1.54, 1.807) is 0 Å². The molecule has 0 spiro atoms. The highest BCUT2D eigenvalue weighted by atomic mass is 127. The number of nitrogens with two attached hydrogens (primary N) is 1. The molecule has 2 saturated heterocycles. The van der Waals surface area contributed by atoms with Crippen molar-refractivity contribution in [3.05, 3.63) is 0 Å². The van der Waals surface area contributed by atoms with Crippen molar-refractivity contribution in [3.8, 4) is 0 Å². The van der Waals surface area contributed by atoms with Gasteiger partial charge in [-0.05, 0) is 71.2 Å². The molecule has 6 heteroatoms. The summed E-state index contributed by atoms with van der Waals surface area (Å²) in [5.74, 6) is 0.629. The van der Waals surface area contributed by atoms with Gasteiger partial charge in [0.1, 0.15) is 0 Å². The standard InChI is InChI=1S/C18H37N5.HI/c1-2-23-15-9-10-17(23)16-21-18(19)20-11-5-3-6-12-22-13-7-4-8-14-22;/h17H,2-16H2,1H3,(H3,19,20,21);1H. The minimum absolute atomic E-state index is 0. The van der Waals surface area contributed by atoms with Crippen LogP contribution in [0.15, 0.2) is 4.99 Å². The molecule has 2 aliphatic rings. The van der Waals surface area contributed by atoms with Crippen molar-refractivity contribution in [1.29, 1.82) is 0 Å². The van der Waals surface area contributed by atoms with Crippen LogP contribution in [0.3, 0.4) is 0 Å². The third-order valence-electron chi connectivity index (χ3n) is 5.28. The Morgan fingerprint density at radius 3 is 2.62 bits per heavy atom. The van der Waals surface area contributed by atoms with Gasteiger partial charge in [-0.1, -0.05) is 19.8 Å². The maximum absolute atomic E-state index is 5.98. The first kappa shape index (κ1) is 22.0. The number of hydrogen-bond donors (Lipinski definition) is 2. The topological polar surface area (TPSA) is 56.9 Å². The average Bonchev–Trinajstić information content (AvgIpc) is 3.04. The molecule has 0 saturated carbocycles. The molecule has 24 heavy (non-hydrogen) atoms. The molecule has 0 aromatic heterocycles. The van der Waals surface area contributed by atoms with Crippen LogP contribution in [0.2, 0.25) is 0 Å². The van der Waals surface area contributed by atoms with E-state index in [4.69, 9.17) is 5.73 Å². The monoisotopic (exact) mass is 451 g/mol. The number of unbranched alkanes of at least 4 members (excludes halogenated alkanes) is 2. The van der Waals surface area contributed by atoms with E-state index in [0.29, 0.717) is 12.0 Å². The van der Waals surface area contributed by atoms with Crippen LogP contribution < -0.4 is 11.1 Å². The van der Waals surface area contributed by atoms with Crippen LogP contribution in [0.1, 0.15) is 58.3 Å². The van der Waals surface area contributed by atoms with Crippen molar-refractivity contribution in [1.82, 2.24) is 15.1 Å². The fourth-order valence-corrected chi connectivity index (χ4v) is 3.81. The molecule has 0 aromatic carbocycles. The summed E-state index contributed by atoms with van der Waals surface area (Å²) in [4.78, 5) is 9.66. The van der Waals surface area contributed by atoms with Crippen LogP contribution in [0.5, 0.6) is 0 Å². The summed E-state index contributed by atoms with van der Waals surface area (Å²) in [6.07, 6.45) is 10.6. The van der Waals surface area contributed by atoms with Crippen LogP contribution >= 0.6 is 24.0 Å². The summed E-state index contributed by atoms with van der Waals surface area (Å²) >= 11 is 0. The molecule has 0 bridgehead atoms. The van der Waals surface area contributed by atoms with Crippen molar-refractivity contribution in [3.63, 3.8) is 0 Å². The lowest BCUT2D eigenvalue weighted by molar-refractivity contribution is 0.224. The van der Waals surface area contributed by atoms with E-state index in [1.165, 1.54) is 77.5 Å². The van der Waals surface area contributed by atoms with Crippen LogP contribution in [0.25, 0.3) is 0 Å². The Morgan fingerprint density at radius 1 is 1.08 bits per heavy atom. The summed E-state index contributed by atoms with van der Waals surface area (Å²) in [7, 11) is 0. The fourth-order valence-electron chi connectivity index (χ4n) is 3.81. The minimum atomic E-state index is 0. The predicted octanol–water partition coefficient (Wildman–Crippen LogP) is 2.65. The van der Waals surface area contributed by atoms with Gasteiger partial charge in [0, 0.05) is 12.6 Å². The first-order chi connectivity index (χ1) is 11.3. The van der Waals surface area contributed by atoms with Crippen molar-refractivity contribution in [2.24, 2.45) is 10.7 Å². The van der Waals surface area contributed by atoms with Gasteiger partial charge in [-0.2, -0.15) is 0 Å². The van der Waals surface area contributed by atoms with Crippen LogP contribution in [0.4, 0.5) is 0 Å². The van der Waals surface area contributed by atoms with E-state index in [9.17, 15) is 0 Å². The molecule has 1 atom stereocenters. The highest BCUT2D eigenvalue weighted by Gasteiger charge is 2.22. The normalized spacial score (nSPS) is 23.2. The van der Waals surface area contributed by atoms with Crippen molar-refractivity contribution < 1.29 is 0 Å². The van der Waals surface area contributed by atoms with E-state index in [0.717, 1.165) is 19.6 Å². The van der Waals surface area contributed by atoms with E-state index in [1.807, 2.05) is 0 Å². The molecule has 0 aliphatic carbocycles. The summed E-state index contributed by atoms with van der Waals surface area (Å²) in [6, 6.07) is 0.602. The lowest BCUT2D eigenvalue weighted by atomic mass is 10.1. The fraction of sp³-hybridized carbons (Fsp3) is 0.944. The molecule has 2 heterocycles. The van der Waals surface area contributed by atoms with Crippen molar-refractivity contribution in [2.45, 2.75) is 64.3 Å². The van der Waals surface area contributed by atoms with Crippen LogP contribution in [-0.2, 0) is 0 Å². The Bertz CT molecular complexity index is 344. The van der Waals surface area contributed by atoms with E-state index >= 15 is 0 Å². The first-order valence-corrected chi connectivity index (χ1v) is 9.80. The Labute approximate surface area is 165 Å². The average molecular weight is 451 g/mol. The smallest absolute Gasteiger partial charge is 0.188 e. The molecular weight excluding hydrogens is 413 g/mol. The van der Waals surface area contributed by atoms with Gasteiger partial charge in [0.2, 0.25) is 0 Å². The van der Waals surface area contributed by atoms with E-state index < -0.39 is 0 Å². The quantitative estimate of drug-likeness (QED) is 0.245. The van der Waals surface area contributed by atoms with Gasteiger partial charge in [-0.25, -0.2) is 0 Å². The lowest BCUT2D eigenvalue weighted by Gasteiger charge is -2.26. The lowest BCUT2D eigenvalue weighted by Crippen LogP contribution is -2.36. The summed E-state index contributed by atoms with van der Waals surface area (Å²) in [5, 5.41) is 3.27. The zero-order valence-corrected chi connectivity index (χ0v) is 17.8. The zero-order valence-electron chi connectivity index (χ0n) is 15.5. The molecule has 1 unspecified atom stereocenters. The molecule has 5 nitrogen and oxygen atoms in total. The Kier molecular flexibility index (Phi) is 12.0. The number of aliphatic imine (C=N–C) groups is 1. The van der Waals surface area contributed by atoms with E-state index in [2.05, 4.69) is 27.0 Å². The number of piperidine rings is 1. The number of guanidine groups is 1.